The minimum absolute atomic E-state index is 0.0197. The number of hydrogen-bond donors (Lipinski definition) is 2. The lowest BCUT2D eigenvalue weighted by Gasteiger charge is -2.38. The Balaban J connectivity index is 1.40. The number of carbonyl (C=O) groups is 2. The first kappa shape index (κ1) is 21.8. The van der Waals surface area contributed by atoms with Crippen molar-refractivity contribution in [2.45, 2.75) is 70.1 Å². The van der Waals surface area contributed by atoms with Crippen molar-refractivity contribution in [2.75, 3.05) is 13.7 Å². The van der Waals surface area contributed by atoms with Crippen LogP contribution < -0.4 is 5.73 Å². The summed E-state index contributed by atoms with van der Waals surface area (Å²) in [6, 6.07) is 7.55. The van der Waals surface area contributed by atoms with Gasteiger partial charge in [0.15, 0.2) is 0 Å². The second-order valence-corrected chi connectivity index (χ2v) is 8.69. The van der Waals surface area contributed by atoms with E-state index in [2.05, 4.69) is 0 Å². The molecule has 6 nitrogen and oxygen atoms in total. The summed E-state index contributed by atoms with van der Waals surface area (Å²) in [7, 11) is 1.90. The SMILES string of the molecule is CN(C(=O)[C@@H](N)C1CCC(COCc2ccccc2CC(=O)O)CC1)C1CCC1. The Morgan fingerprint density at radius 1 is 1.14 bits per heavy atom. The van der Waals surface area contributed by atoms with E-state index in [0.29, 0.717) is 25.2 Å². The smallest absolute Gasteiger partial charge is 0.307 e. The largest absolute Gasteiger partial charge is 0.481 e. The van der Waals surface area contributed by atoms with Crippen LogP contribution in [-0.4, -0.2) is 47.6 Å². The van der Waals surface area contributed by atoms with Gasteiger partial charge in [-0.1, -0.05) is 24.3 Å². The number of hydrogen-bond acceptors (Lipinski definition) is 4. The van der Waals surface area contributed by atoms with Crippen LogP contribution in [0.2, 0.25) is 0 Å². The minimum Gasteiger partial charge on any atom is -0.481 e. The molecule has 0 unspecified atom stereocenters. The summed E-state index contributed by atoms with van der Waals surface area (Å²) >= 11 is 0. The fourth-order valence-corrected chi connectivity index (χ4v) is 4.47. The molecular formula is C23H34N2O4. The molecule has 2 aliphatic carbocycles. The van der Waals surface area contributed by atoms with Crippen molar-refractivity contribution in [3.8, 4) is 0 Å². The van der Waals surface area contributed by atoms with Crippen molar-refractivity contribution in [3.05, 3.63) is 35.4 Å². The third kappa shape index (κ3) is 5.80. The molecule has 2 saturated carbocycles. The van der Waals surface area contributed by atoms with E-state index in [1.165, 1.54) is 6.42 Å². The molecule has 2 aliphatic rings. The van der Waals surface area contributed by atoms with E-state index in [1.54, 1.807) is 0 Å². The van der Waals surface area contributed by atoms with Crippen molar-refractivity contribution >= 4 is 11.9 Å². The first-order chi connectivity index (χ1) is 14.0. The van der Waals surface area contributed by atoms with Gasteiger partial charge in [-0.2, -0.15) is 0 Å². The van der Waals surface area contributed by atoms with Gasteiger partial charge in [0, 0.05) is 19.7 Å². The Hall–Kier alpha value is -1.92. The summed E-state index contributed by atoms with van der Waals surface area (Å²) in [4.78, 5) is 25.5. The molecule has 0 radical (unpaired) electrons. The average molecular weight is 403 g/mol. The summed E-state index contributed by atoms with van der Waals surface area (Å²) in [6.07, 6.45) is 7.42. The van der Waals surface area contributed by atoms with Crippen molar-refractivity contribution in [1.29, 1.82) is 0 Å². The number of rotatable bonds is 9. The molecule has 0 aromatic heterocycles. The molecule has 3 N–H and O–H groups in total. The molecule has 6 heteroatoms. The van der Waals surface area contributed by atoms with E-state index in [9.17, 15) is 9.59 Å². The highest BCUT2D eigenvalue weighted by Crippen LogP contribution is 2.32. The zero-order valence-electron chi connectivity index (χ0n) is 17.4. The molecule has 1 aromatic rings. The summed E-state index contributed by atoms with van der Waals surface area (Å²) in [5, 5.41) is 9.03. The average Bonchev–Trinajstić information content (AvgIpc) is 2.67. The molecule has 0 aliphatic heterocycles. The minimum atomic E-state index is -0.829. The van der Waals surface area contributed by atoms with Gasteiger partial charge in [-0.25, -0.2) is 0 Å². The molecule has 2 fully saturated rings. The third-order valence-corrected chi connectivity index (χ3v) is 6.73. The maximum atomic E-state index is 12.6. The van der Waals surface area contributed by atoms with Crippen LogP contribution >= 0.6 is 0 Å². The monoisotopic (exact) mass is 402 g/mol. The lowest BCUT2D eigenvalue weighted by molar-refractivity contribution is -0.137. The van der Waals surface area contributed by atoms with Gasteiger partial charge in [-0.15, -0.1) is 0 Å². The van der Waals surface area contributed by atoms with Crippen LogP contribution in [0.15, 0.2) is 24.3 Å². The number of ether oxygens (including phenoxy) is 1. The van der Waals surface area contributed by atoms with Gasteiger partial charge in [0.05, 0.1) is 19.1 Å². The zero-order valence-corrected chi connectivity index (χ0v) is 17.4. The summed E-state index contributed by atoms with van der Waals surface area (Å²) in [5.41, 5.74) is 8.07. The number of nitrogens with zero attached hydrogens (tertiary/aromatic N) is 1. The molecule has 0 heterocycles. The second kappa shape index (κ2) is 10.2. The molecule has 1 aromatic carbocycles. The maximum Gasteiger partial charge on any atom is 0.307 e. The van der Waals surface area contributed by atoms with Gasteiger partial charge >= 0.3 is 5.97 Å². The molecular weight excluding hydrogens is 368 g/mol. The maximum absolute atomic E-state index is 12.6. The van der Waals surface area contributed by atoms with E-state index in [0.717, 1.165) is 49.7 Å². The van der Waals surface area contributed by atoms with E-state index in [4.69, 9.17) is 15.6 Å². The van der Waals surface area contributed by atoms with Crippen molar-refractivity contribution < 1.29 is 19.4 Å². The molecule has 3 rings (SSSR count). The van der Waals surface area contributed by atoms with Crippen LogP contribution in [0, 0.1) is 11.8 Å². The Bertz CT molecular complexity index is 696. The van der Waals surface area contributed by atoms with Crippen molar-refractivity contribution in [1.82, 2.24) is 4.90 Å². The van der Waals surface area contributed by atoms with Gasteiger partial charge in [0.25, 0.3) is 0 Å². The Morgan fingerprint density at radius 2 is 1.79 bits per heavy atom. The highest BCUT2D eigenvalue weighted by Gasteiger charge is 2.34. The van der Waals surface area contributed by atoms with E-state index in [1.807, 2.05) is 36.2 Å². The molecule has 0 bridgehead atoms. The predicted octanol–water partition coefficient (Wildman–Crippen LogP) is 2.97. The number of carboxylic acids is 1. The first-order valence-corrected chi connectivity index (χ1v) is 10.8. The van der Waals surface area contributed by atoms with Crippen molar-refractivity contribution in [2.24, 2.45) is 17.6 Å². The number of aliphatic carboxylic acids is 1. The van der Waals surface area contributed by atoms with Crippen molar-refractivity contribution in [3.63, 3.8) is 0 Å². The van der Waals surface area contributed by atoms with Gasteiger partial charge in [-0.05, 0) is 67.9 Å². The topological polar surface area (TPSA) is 92.9 Å². The summed E-state index contributed by atoms with van der Waals surface area (Å²) in [5.74, 6) is 0.0103. The molecule has 29 heavy (non-hydrogen) atoms. The highest BCUT2D eigenvalue weighted by atomic mass is 16.5. The number of amides is 1. The van der Waals surface area contributed by atoms with Crippen LogP contribution in [0.1, 0.15) is 56.1 Å². The quantitative estimate of drug-likeness (QED) is 0.662. The molecule has 1 atom stereocenters. The summed E-state index contributed by atoms with van der Waals surface area (Å²) < 4.78 is 5.92. The standard InChI is InChI=1S/C23H34N2O4/c1-25(20-7-4-8-20)23(28)22(24)17-11-9-16(10-12-17)14-29-15-19-6-3-2-5-18(19)13-21(26)27/h2-3,5-6,16-17,20,22H,4,7-15,24H2,1H3,(H,26,27)/t16?,17?,22-/m0/s1. The van der Waals surface area contributed by atoms with Crippen LogP contribution in [0.4, 0.5) is 0 Å². The third-order valence-electron chi connectivity index (χ3n) is 6.73. The number of carbonyl (C=O) groups excluding carboxylic acids is 1. The van der Waals surface area contributed by atoms with Crippen LogP contribution in [-0.2, 0) is 27.4 Å². The highest BCUT2D eigenvalue weighted by molar-refractivity contribution is 5.82. The van der Waals surface area contributed by atoms with Gasteiger partial charge in [-0.3, -0.25) is 9.59 Å². The number of nitrogens with two attached hydrogens (primary N) is 1. The fraction of sp³-hybridized carbons (Fsp3) is 0.652. The Morgan fingerprint density at radius 3 is 2.38 bits per heavy atom. The first-order valence-electron chi connectivity index (χ1n) is 10.8. The summed E-state index contributed by atoms with van der Waals surface area (Å²) in [6.45, 7) is 1.10. The predicted molar refractivity (Wildman–Crippen MR) is 111 cm³/mol. The van der Waals surface area contributed by atoms with E-state index < -0.39 is 5.97 Å². The second-order valence-electron chi connectivity index (χ2n) is 8.69. The normalized spacial score (nSPS) is 23.2. The van der Waals surface area contributed by atoms with E-state index >= 15 is 0 Å². The molecule has 0 spiro atoms. The van der Waals surface area contributed by atoms with Crippen LogP contribution in [0.25, 0.3) is 0 Å². The van der Waals surface area contributed by atoms with Gasteiger partial charge in [0.1, 0.15) is 0 Å². The Labute approximate surface area is 173 Å². The number of carboxylic acid groups (broad SMARTS) is 1. The lowest BCUT2D eigenvalue weighted by atomic mass is 9.78. The Kier molecular flexibility index (Phi) is 7.67. The van der Waals surface area contributed by atoms with Gasteiger partial charge < -0.3 is 20.5 Å². The lowest BCUT2D eigenvalue weighted by Crippen LogP contribution is -2.52. The molecule has 160 valence electrons. The number of likely N-dealkylation sites (N-methyl/N-ethyl adjacent to an activating group) is 1. The molecule has 1 amide bonds. The van der Waals surface area contributed by atoms with Crippen LogP contribution in [0.5, 0.6) is 0 Å². The fourth-order valence-electron chi connectivity index (χ4n) is 4.47. The van der Waals surface area contributed by atoms with E-state index in [-0.39, 0.29) is 24.3 Å². The number of benzene rings is 1. The van der Waals surface area contributed by atoms with Gasteiger partial charge in [0.2, 0.25) is 5.91 Å². The zero-order chi connectivity index (χ0) is 20.8. The molecule has 0 saturated heterocycles. The van der Waals surface area contributed by atoms with Crippen LogP contribution in [0.3, 0.4) is 0 Å².